The monoisotopic (exact) mass is 196 g/mol. The predicted octanol–water partition coefficient (Wildman–Crippen LogP) is 3.02. The van der Waals surface area contributed by atoms with Gasteiger partial charge in [-0.05, 0) is 5.56 Å². The lowest BCUT2D eigenvalue weighted by molar-refractivity contribution is 0.112. The summed E-state index contributed by atoms with van der Waals surface area (Å²) >= 11 is 5.83. The molecule has 0 aliphatic rings. The van der Waals surface area contributed by atoms with Crippen molar-refractivity contribution in [3.63, 3.8) is 0 Å². The quantitative estimate of drug-likeness (QED) is 0.537. The number of rotatable bonds is 3. The van der Waals surface area contributed by atoms with Crippen molar-refractivity contribution in [1.29, 1.82) is 0 Å². The predicted molar refractivity (Wildman–Crippen MR) is 55.6 cm³/mol. The van der Waals surface area contributed by atoms with E-state index in [9.17, 15) is 4.79 Å². The molecular formula is C11H13ClO. The van der Waals surface area contributed by atoms with Crippen LogP contribution in [-0.2, 0) is 5.41 Å². The molecule has 1 rings (SSSR count). The summed E-state index contributed by atoms with van der Waals surface area (Å²) in [6.07, 6.45) is 0.845. The van der Waals surface area contributed by atoms with E-state index in [2.05, 4.69) is 13.8 Å². The molecule has 0 amide bonds. The van der Waals surface area contributed by atoms with Gasteiger partial charge in [0.05, 0.1) is 0 Å². The molecule has 0 saturated heterocycles. The fourth-order valence-electron chi connectivity index (χ4n) is 1.09. The van der Waals surface area contributed by atoms with E-state index in [0.29, 0.717) is 11.4 Å². The van der Waals surface area contributed by atoms with E-state index in [0.717, 1.165) is 11.8 Å². The summed E-state index contributed by atoms with van der Waals surface area (Å²) in [5.74, 6) is 0.577. The van der Waals surface area contributed by atoms with Gasteiger partial charge in [-0.3, -0.25) is 4.79 Å². The zero-order valence-electron chi connectivity index (χ0n) is 7.88. The third-order valence-corrected chi connectivity index (χ3v) is 2.83. The van der Waals surface area contributed by atoms with Gasteiger partial charge in [0.15, 0.2) is 0 Å². The first kappa shape index (κ1) is 10.3. The van der Waals surface area contributed by atoms with Gasteiger partial charge in [-0.25, -0.2) is 0 Å². The SMILES string of the molecule is CC(C)(CCl)c1ccc(C=O)cc1. The maximum atomic E-state index is 10.4. The van der Waals surface area contributed by atoms with Crippen LogP contribution in [0.4, 0.5) is 0 Å². The maximum absolute atomic E-state index is 10.4. The van der Waals surface area contributed by atoms with Gasteiger partial charge in [0.25, 0.3) is 0 Å². The first-order chi connectivity index (χ1) is 6.10. The Morgan fingerprint density at radius 1 is 1.31 bits per heavy atom. The lowest BCUT2D eigenvalue weighted by Crippen LogP contribution is -2.18. The van der Waals surface area contributed by atoms with Gasteiger partial charge >= 0.3 is 0 Å². The second kappa shape index (κ2) is 3.93. The summed E-state index contributed by atoms with van der Waals surface area (Å²) in [5.41, 5.74) is 1.84. The molecule has 13 heavy (non-hydrogen) atoms. The summed E-state index contributed by atoms with van der Waals surface area (Å²) < 4.78 is 0. The summed E-state index contributed by atoms with van der Waals surface area (Å²) in [5, 5.41) is 0. The van der Waals surface area contributed by atoms with Crippen LogP contribution < -0.4 is 0 Å². The van der Waals surface area contributed by atoms with Crippen LogP contribution in [0.1, 0.15) is 29.8 Å². The molecule has 1 nitrogen and oxygen atoms in total. The molecule has 2 heteroatoms. The van der Waals surface area contributed by atoms with E-state index in [4.69, 9.17) is 11.6 Å². The van der Waals surface area contributed by atoms with Crippen molar-refractivity contribution in [1.82, 2.24) is 0 Å². The Bertz CT molecular complexity index is 287. The summed E-state index contributed by atoms with van der Waals surface area (Å²) in [6.45, 7) is 4.16. The number of carbonyl (C=O) groups excluding carboxylic acids is 1. The molecular weight excluding hydrogens is 184 g/mol. The van der Waals surface area contributed by atoms with Crippen molar-refractivity contribution in [2.45, 2.75) is 19.3 Å². The molecule has 1 aromatic carbocycles. The number of alkyl halides is 1. The zero-order chi connectivity index (χ0) is 9.90. The van der Waals surface area contributed by atoms with Gasteiger partial charge in [0, 0.05) is 16.9 Å². The molecule has 0 aromatic heterocycles. The minimum atomic E-state index is -0.0248. The third-order valence-electron chi connectivity index (χ3n) is 2.16. The topological polar surface area (TPSA) is 17.1 Å². The first-order valence-corrected chi connectivity index (χ1v) is 4.75. The Balaban J connectivity index is 2.98. The molecule has 0 N–H and O–H groups in total. The molecule has 0 spiro atoms. The first-order valence-electron chi connectivity index (χ1n) is 4.22. The highest BCUT2D eigenvalue weighted by Gasteiger charge is 2.18. The van der Waals surface area contributed by atoms with Crippen LogP contribution in [0, 0.1) is 0 Å². The van der Waals surface area contributed by atoms with Crippen molar-refractivity contribution in [2.24, 2.45) is 0 Å². The van der Waals surface area contributed by atoms with E-state index < -0.39 is 0 Å². The fraction of sp³-hybridized carbons (Fsp3) is 0.364. The van der Waals surface area contributed by atoms with E-state index >= 15 is 0 Å². The molecule has 0 unspecified atom stereocenters. The van der Waals surface area contributed by atoms with Crippen molar-refractivity contribution in [3.8, 4) is 0 Å². The molecule has 0 fully saturated rings. The Labute approximate surface area is 83.7 Å². The van der Waals surface area contributed by atoms with Gasteiger partial charge in [-0.1, -0.05) is 38.1 Å². The molecule has 0 aliphatic carbocycles. The van der Waals surface area contributed by atoms with Gasteiger partial charge in [0.2, 0.25) is 0 Å². The third kappa shape index (κ3) is 2.31. The fourth-order valence-corrected chi connectivity index (χ4v) is 1.24. The number of hydrogen-bond acceptors (Lipinski definition) is 1. The zero-order valence-corrected chi connectivity index (χ0v) is 8.64. The van der Waals surface area contributed by atoms with Crippen LogP contribution in [-0.4, -0.2) is 12.2 Å². The van der Waals surface area contributed by atoms with Crippen LogP contribution in [0.25, 0.3) is 0 Å². The number of hydrogen-bond donors (Lipinski definition) is 0. The van der Waals surface area contributed by atoms with E-state index in [-0.39, 0.29) is 5.41 Å². The Kier molecular flexibility index (Phi) is 3.10. The number of halogens is 1. The van der Waals surface area contributed by atoms with Gasteiger partial charge < -0.3 is 0 Å². The highest BCUT2D eigenvalue weighted by molar-refractivity contribution is 6.18. The highest BCUT2D eigenvalue weighted by atomic mass is 35.5. The van der Waals surface area contributed by atoms with E-state index in [1.165, 1.54) is 0 Å². The van der Waals surface area contributed by atoms with Gasteiger partial charge in [0.1, 0.15) is 6.29 Å². The summed E-state index contributed by atoms with van der Waals surface area (Å²) in [6, 6.07) is 7.53. The molecule has 0 saturated carbocycles. The largest absolute Gasteiger partial charge is 0.298 e. The van der Waals surface area contributed by atoms with Crippen LogP contribution in [0.15, 0.2) is 24.3 Å². The lowest BCUT2D eigenvalue weighted by atomic mass is 9.86. The molecule has 0 aliphatic heterocycles. The van der Waals surface area contributed by atoms with Crippen molar-refractivity contribution in [2.75, 3.05) is 5.88 Å². The highest BCUT2D eigenvalue weighted by Crippen LogP contribution is 2.24. The van der Waals surface area contributed by atoms with Crippen LogP contribution in [0.5, 0.6) is 0 Å². The van der Waals surface area contributed by atoms with Crippen molar-refractivity contribution >= 4 is 17.9 Å². The maximum Gasteiger partial charge on any atom is 0.150 e. The van der Waals surface area contributed by atoms with Crippen LogP contribution in [0.2, 0.25) is 0 Å². The van der Waals surface area contributed by atoms with Crippen molar-refractivity contribution < 1.29 is 4.79 Å². The van der Waals surface area contributed by atoms with Gasteiger partial charge in [-0.15, -0.1) is 11.6 Å². The van der Waals surface area contributed by atoms with Gasteiger partial charge in [-0.2, -0.15) is 0 Å². The van der Waals surface area contributed by atoms with E-state index in [1.54, 1.807) is 0 Å². The average Bonchev–Trinajstić information content (AvgIpc) is 2.18. The Hall–Kier alpha value is -0.820. The number of aldehydes is 1. The molecule has 1 aromatic rings. The minimum absolute atomic E-state index is 0.0248. The number of carbonyl (C=O) groups is 1. The van der Waals surface area contributed by atoms with E-state index in [1.807, 2.05) is 24.3 Å². The Morgan fingerprint density at radius 3 is 2.23 bits per heavy atom. The average molecular weight is 197 g/mol. The molecule has 0 bridgehead atoms. The second-order valence-corrected chi connectivity index (χ2v) is 4.02. The standard InChI is InChI=1S/C11H13ClO/c1-11(2,8-12)10-5-3-9(7-13)4-6-10/h3-7H,8H2,1-2H3. The normalized spacial score (nSPS) is 11.3. The molecule has 0 atom stereocenters. The smallest absolute Gasteiger partial charge is 0.150 e. The summed E-state index contributed by atoms with van der Waals surface area (Å²) in [4.78, 5) is 10.4. The lowest BCUT2D eigenvalue weighted by Gasteiger charge is -2.21. The van der Waals surface area contributed by atoms with Crippen LogP contribution >= 0.6 is 11.6 Å². The minimum Gasteiger partial charge on any atom is -0.298 e. The molecule has 70 valence electrons. The molecule has 0 radical (unpaired) electrons. The van der Waals surface area contributed by atoms with Crippen molar-refractivity contribution in [3.05, 3.63) is 35.4 Å². The number of benzene rings is 1. The van der Waals surface area contributed by atoms with Crippen LogP contribution in [0.3, 0.4) is 0 Å². The molecule has 0 heterocycles. The summed E-state index contributed by atoms with van der Waals surface area (Å²) in [7, 11) is 0. The Morgan fingerprint density at radius 2 is 1.85 bits per heavy atom. The second-order valence-electron chi connectivity index (χ2n) is 3.76.